The summed E-state index contributed by atoms with van der Waals surface area (Å²) < 4.78 is 6.58. The summed E-state index contributed by atoms with van der Waals surface area (Å²) >= 11 is 0. The van der Waals surface area contributed by atoms with Crippen molar-refractivity contribution in [1.82, 2.24) is 19.4 Å². The zero-order chi connectivity index (χ0) is 16.7. The van der Waals surface area contributed by atoms with Crippen molar-refractivity contribution in [2.75, 3.05) is 6.54 Å². The molecule has 1 amide bonds. The van der Waals surface area contributed by atoms with E-state index in [2.05, 4.69) is 9.97 Å². The lowest BCUT2D eigenvalue weighted by Crippen LogP contribution is -2.35. The van der Waals surface area contributed by atoms with Crippen molar-refractivity contribution >= 4 is 17.0 Å². The Labute approximate surface area is 137 Å². The van der Waals surface area contributed by atoms with E-state index < -0.39 is 5.76 Å². The molecule has 1 aliphatic rings. The quantitative estimate of drug-likeness (QED) is 0.798. The van der Waals surface area contributed by atoms with E-state index >= 15 is 0 Å². The smallest absolute Gasteiger partial charge is 0.408 e. The summed E-state index contributed by atoms with van der Waals surface area (Å²) in [5.41, 5.74) is 2.11. The van der Waals surface area contributed by atoms with Gasteiger partial charge in [0.1, 0.15) is 12.4 Å². The minimum absolute atomic E-state index is 0.0218. The average molecular weight is 326 g/mol. The molecule has 24 heavy (non-hydrogen) atoms. The molecule has 2 aromatic heterocycles. The summed E-state index contributed by atoms with van der Waals surface area (Å²) in [6.07, 6.45) is 3.57. The zero-order valence-electron chi connectivity index (χ0n) is 13.4. The Morgan fingerprint density at radius 1 is 1.42 bits per heavy atom. The number of amides is 1. The molecule has 0 spiro atoms. The molecule has 1 atom stereocenters. The van der Waals surface area contributed by atoms with Crippen LogP contribution in [0.2, 0.25) is 0 Å². The number of para-hydroxylation sites is 2. The van der Waals surface area contributed by atoms with E-state index in [1.165, 1.54) is 4.57 Å². The number of likely N-dealkylation sites (tertiary alicyclic amines) is 1. The third-order valence-electron chi connectivity index (χ3n) is 4.48. The number of nitrogens with zero attached hydrogens (tertiary/aromatic N) is 3. The van der Waals surface area contributed by atoms with Crippen molar-refractivity contribution in [2.45, 2.75) is 32.4 Å². The summed E-state index contributed by atoms with van der Waals surface area (Å²) in [6, 6.07) is 7.07. The molecular formula is C17H18N4O3. The lowest BCUT2D eigenvalue weighted by molar-refractivity contribution is -0.132. The molecule has 0 radical (unpaired) electrons. The van der Waals surface area contributed by atoms with Crippen LogP contribution in [-0.4, -0.2) is 31.9 Å². The van der Waals surface area contributed by atoms with E-state index in [9.17, 15) is 9.59 Å². The number of fused-ring (bicyclic) bond motifs is 1. The van der Waals surface area contributed by atoms with E-state index in [0.29, 0.717) is 17.6 Å². The van der Waals surface area contributed by atoms with Crippen molar-refractivity contribution < 1.29 is 9.21 Å². The van der Waals surface area contributed by atoms with Crippen LogP contribution in [0.1, 0.15) is 30.4 Å². The summed E-state index contributed by atoms with van der Waals surface area (Å²) in [6.45, 7) is 2.59. The van der Waals surface area contributed by atoms with Crippen LogP contribution in [-0.2, 0) is 11.3 Å². The number of aromatic nitrogens is 3. The van der Waals surface area contributed by atoms with Crippen molar-refractivity contribution in [2.24, 2.45) is 0 Å². The van der Waals surface area contributed by atoms with Crippen LogP contribution >= 0.6 is 0 Å². The first-order valence-corrected chi connectivity index (χ1v) is 8.03. The second-order valence-electron chi connectivity index (χ2n) is 6.12. The maximum Gasteiger partial charge on any atom is 0.420 e. The first kappa shape index (κ1) is 14.7. The Morgan fingerprint density at radius 3 is 3.04 bits per heavy atom. The number of benzene rings is 1. The molecule has 0 bridgehead atoms. The second kappa shape index (κ2) is 5.67. The highest BCUT2D eigenvalue weighted by molar-refractivity contribution is 5.80. The predicted octanol–water partition coefficient (Wildman–Crippen LogP) is 1.99. The number of carbonyl (C=O) groups excluding carboxylic acids is 1. The van der Waals surface area contributed by atoms with Crippen LogP contribution in [0.15, 0.2) is 39.7 Å². The minimum Gasteiger partial charge on any atom is -0.408 e. The number of H-pyrrole nitrogens is 1. The topological polar surface area (TPSA) is 84.1 Å². The van der Waals surface area contributed by atoms with Gasteiger partial charge in [-0.05, 0) is 31.9 Å². The number of hydrogen-bond acceptors (Lipinski definition) is 4. The van der Waals surface area contributed by atoms with E-state index in [1.807, 2.05) is 13.0 Å². The van der Waals surface area contributed by atoms with E-state index in [4.69, 9.17) is 4.42 Å². The number of nitrogens with one attached hydrogen (secondary N) is 1. The molecule has 1 N–H and O–H groups in total. The van der Waals surface area contributed by atoms with Crippen LogP contribution < -0.4 is 5.76 Å². The molecular weight excluding hydrogens is 308 g/mol. The van der Waals surface area contributed by atoms with Crippen molar-refractivity contribution in [3.63, 3.8) is 0 Å². The van der Waals surface area contributed by atoms with Gasteiger partial charge < -0.3 is 14.3 Å². The van der Waals surface area contributed by atoms with Gasteiger partial charge in [0.25, 0.3) is 0 Å². The van der Waals surface area contributed by atoms with Gasteiger partial charge in [0.15, 0.2) is 5.58 Å². The Kier molecular flexibility index (Phi) is 3.48. The van der Waals surface area contributed by atoms with Gasteiger partial charge in [-0.15, -0.1) is 0 Å². The highest BCUT2D eigenvalue weighted by atomic mass is 16.4. The molecule has 3 heterocycles. The monoisotopic (exact) mass is 326 g/mol. The molecule has 3 aromatic rings. The van der Waals surface area contributed by atoms with Crippen molar-refractivity contribution in [1.29, 1.82) is 0 Å². The van der Waals surface area contributed by atoms with Gasteiger partial charge in [0, 0.05) is 18.4 Å². The fourth-order valence-electron chi connectivity index (χ4n) is 3.34. The molecule has 0 unspecified atom stereocenters. The van der Waals surface area contributed by atoms with Crippen LogP contribution in [0.4, 0.5) is 0 Å². The van der Waals surface area contributed by atoms with Crippen molar-refractivity contribution in [3.8, 4) is 0 Å². The van der Waals surface area contributed by atoms with Crippen LogP contribution in [0.5, 0.6) is 0 Å². The highest BCUT2D eigenvalue weighted by Crippen LogP contribution is 2.30. The van der Waals surface area contributed by atoms with Crippen LogP contribution in [0, 0.1) is 6.92 Å². The normalized spacial score (nSPS) is 17.7. The van der Waals surface area contributed by atoms with Gasteiger partial charge in [-0.2, -0.15) is 0 Å². The number of oxazole rings is 1. The fraction of sp³-hybridized carbons (Fsp3) is 0.353. The number of imidazole rings is 1. The standard InChI is InChI=1S/C17H18N4O3/c1-11-9-18-16(19-11)13-6-4-8-20(13)15(22)10-21-12-5-2-3-7-14(12)24-17(21)23/h2-3,5,7,9,13H,4,6,8,10H2,1H3,(H,18,19)/t13-/m0/s1. The second-order valence-corrected chi connectivity index (χ2v) is 6.12. The first-order valence-electron chi connectivity index (χ1n) is 8.03. The first-order chi connectivity index (χ1) is 11.6. The zero-order valence-corrected chi connectivity index (χ0v) is 13.4. The molecule has 7 nitrogen and oxygen atoms in total. The Balaban J connectivity index is 1.61. The Bertz CT molecular complexity index is 952. The van der Waals surface area contributed by atoms with Gasteiger partial charge >= 0.3 is 5.76 Å². The van der Waals surface area contributed by atoms with Gasteiger partial charge in [0.2, 0.25) is 5.91 Å². The number of aromatic amines is 1. The van der Waals surface area contributed by atoms with Crippen molar-refractivity contribution in [3.05, 3.63) is 52.5 Å². The molecule has 1 aliphatic heterocycles. The minimum atomic E-state index is -0.505. The van der Waals surface area contributed by atoms with E-state index in [-0.39, 0.29) is 18.5 Å². The van der Waals surface area contributed by atoms with Gasteiger partial charge in [0.05, 0.1) is 11.6 Å². The van der Waals surface area contributed by atoms with E-state index in [1.54, 1.807) is 29.3 Å². The lowest BCUT2D eigenvalue weighted by Gasteiger charge is -2.23. The molecule has 1 saturated heterocycles. The number of carbonyl (C=O) groups is 1. The lowest BCUT2D eigenvalue weighted by atomic mass is 10.2. The summed E-state index contributed by atoms with van der Waals surface area (Å²) in [4.78, 5) is 34.2. The van der Waals surface area contributed by atoms with Crippen LogP contribution in [0.25, 0.3) is 11.1 Å². The van der Waals surface area contributed by atoms with Gasteiger partial charge in [-0.3, -0.25) is 9.36 Å². The van der Waals surface area contributed by atoms with Crippen LogP contribution in [0.3, 0.4) is 0 Å². The summed E-state index contributed by atoms with van der Waals surface area (Å²) in [5, 5.41) is 0. The molecule has 0 saturated carbocycles. The largest absolute Gasteiger partial charge is 0.420 e. The SMILES string of the molecule is Cc1cnc([C@@H]2CCCN2C(=O)Cn2c(=O)oc3ccccc32)[nH]1. The van der Waals surface area contributed by atoms with Gasteiger partial charge in [-0.25, -0.2) is 9.78 Å². The molecule has 1 aromatic carbocycles. The highest BCUT2D eigenvalue weighted by Gasteiger charge is 2.32. The summed E-state index contributed by atoms with van der Waals surface area (Å²) in [5.74, 6) is 0.206. The Morgan fingerprint density at radius 2 is 2.25 bits per heavy atom. The third-order valence-corrected chi connectivity index (χ3v) is 4.48. The number of hydrogen-bond donors (Lipinski definition) is 1. The summed E-state index contributed by atoms with van der Waals surface area (Å²) in [7, 11) is 0. The Hall–Kier alpha value is -2.83. The number of rotatable bonds is 3. The fourth-order valence-corrected chi connectivity index (χ4v) is 3.34. The third kappa shape index (κ3) is 2.42. The molecule has 0 aliphatic carbocycles. The maximum atomic E-state index is 12.8. The average Bonchev–Trinajstić information content (AvgIpc) is 3.27. The maximum absolute atomic E-state index is 12.8. The predicted molar refractivity (Wildman–Crippen MR) is 87.5 cm³/mol. The molecule has 124 valence electrons. The molecule has 4 rings (SSSR count). The van der Waals surface area contributed by atoms with E-state index in [0.717, 1.165) is 24.4 Å². The number of aryl methyl sites for hydroxylation is 1. The molecule has 1 fully saturated rings. The van der Waals surface area contributed by atoms with Gasteiger partial charge in [-0.1, -0.05) is 12.1 Å². The molecule has 7 heteroatoms.